The van der Waals surface area contributed by atoms with Gasteiger partial charge in [0.15, 0.2) is 0 Å². The zero-order valence-electron chi connectivity index (χ0n) is 15.4. The van der Waals surface area contributed by atoms with Crippen LogP contribution in [0.25, 0.3) is 0 Å². The minimum Gasteiger partial charge on any atom is -0.495 e. The zero-order chi connectivity index (χ0) is 18.7. The van der Waals surface area contributed by atoms with E-state index in [1.165, 1.54) is 16.8 Å². The van der Waals surface area contributed by atoms with E-state index in [-0.39, 0.29) is 6.03 Å². The minimum atomic E-state index is -0.105. The first-order valence-corrected chi connectivity index (χ1v) is 9.07. The van der Waals surface area contributed by atoms with Crippen molar-refractivity contribution in [1.29, 1.82) is 0 Å². The molecule has 0 saturated carbocycles. The zero-order valence-corrected chi connectivity index (χ0v) is 16.1. The summed E-state index contributed by atoms with van der Waals surface area (Å²) in [5, 5.41) is 3.38. The number of benzene rings is 2. The monoisotopic (exact) mass is 373 g/mol. The Balaban J connectivity index is 1.60. The highest BCUT2D eigenvalue weighted by molar-refractivity contribution is 6.32. The predicted octanol–water partition coefficient (Wildman–Crippen LogP) is 4.32. The highest BCUT2D eigenvalue weighted by Crippen LogP contribution is 2.27. The first kappa shape index (κ1) is 18.4. The van der Waals surface area contributed by atoms with Gasteiger partial charge in [0.2, 0.25) is 0 Å². The van der Waals surface area contributed by atoms with Gasteiger partial charge in [-0.05, 0) is 49.2 Å². The molecule has 0 unspecified atom stereocenters. The largest absolute Gasteiger partial charge is 0.495 e. The van der Waals surface area contributed by atoms with E-state index in [1.54, 1.807) is 25.3 Å². The number of aryl methyl sites for hydroxylation is 2. The summed E-state index contributed by atoms with van der Waals surface area (Å²) in [6.45, 7) is 7.24. The molecular weight excluding hydrogens is 350 g/mol. The van der Waals surface area contributed by atoms with Gasteiger partial charge in [0.25, 0.3) is 0 Å². The van der Waals surface area contributed by atoms with Crippen molar-refractivity contribution in [2.75, 3.05) is 43.5 Å². The van der Waals surface area contributed by atoms with Crippen LogP contribution in [0, 0.1) is 13.8 Å². The molecule has 5 nitrogen and oxygen atoms in total. The molecule has 0 atom stereocenters. The number of hydrogen-bond acceptors (Lipinski definition) is 3. The van der Waals surface area contributed by atoms with Gasteiger partial charge in [0, 0.05) is 37.6 Å². The van der Waals surface area contributed by atoms with Crippen LogP contribution < -0.4 is 15.0 Å². The maximum Gasteiger partial charge on any atom is 0.321 e. The SMILES string of the molecule is COc1ccc(NC(=O)N2CCN(c3cc(C)ccc3C)CC2)cc1Cl. The summed E-state index contributed by atoms with van der Waals surface area (Å²) >= 11 is 6.12. The van der Waals surface area contributed by atoms with Gasteiger partial charge in [-0.3, -0.25) is 0 Å². The Hall–Kier alpha value is -2.40. The van der Waals surface area contributed by atoms with E-state index in [0.717, 1.165) is 13.1 Å². The van der Waals surface area contributed by atoms with E-state index in [1.807, 2.05) is 4.90 Å². The molecule has 2 amide bonds. The summed E-state index contributed by atoms with van der Waals surface area (Å²) in [5.41, 5.74) is 4.44. The number of nitrogens with one attached hydrogen (secondary N) is 1. The second-order valence-electron chi connectivity index (χ2n) is 6.54. The number of piperazine rings is 1. The van der Waals surface area contributed by atoms with Crippen LogP contribution in [0.5, 0.6) is 5.75 Å². The molecule has 0 radical (unpaired) electrons. The van der Waals surface area contributed by atoms with Crippen molar-refractivity contribution < 1.29 is 9.53 Å². The lowest BCUT2D eigenvalue weighted by Gasteiger charge is -2.37. The number of rotatable bonds is 3. The summed E-state index contributed by atoms with van der Waals surface area (Å²) in [6.07, 6.45) is 0. The van der Waals surface area contributed by atoms with Crippen molar-refractivity contribution in [3.8, 4) is 5.75 Å². The summed E-state index contributed by atoms with van der Waals surface area (Å²) in [6, 6.07) is 11.6. The molecular formula is C20H24ClN3O2. The van der Waals surface area contributed by atoms with Gasteiger partial charge in [-0.2, -0.15) is 0 Å². The molecule has 26 heavy (non-hydrogen) atoms. The molecule has 2 aromatic rings. The fourth-order valence-electron chi connectivity index (χ4n) is 3.16. The Bertz CT molecular complexity index is 802. The van der Waals surface area contributed by atoms with E-state index >= 15 is 0 Å². The molecule has 1 heterocycles. The molecule has 0 aromatic heterocycles. The standard InChI is InChI=1S/C20H24ClN3O2/c1-14-4-5-15(2)18(12-14)23-8-10-24(11-9-23)20(25)22-16-6-7-19(26-3)17(21)13-16/h4-7,12-13H,8-11H2,1-3H3,(H,22,25). The van der Waals surface area contributed by atoms with Crippen molar-refractivity contribution in [3.63, 3.8) is 0 Å². The quantitative estimate of drug-likeness (QED) is 0.871. The molecule has 0 bridgehead atoms. The molecule has 0 aliphatic carbocycles. The molecule has 1 saturated heterocycles. The third-order valence-electron chi connectivity index (χ3n) is 4.68. The molecule has 1 N–H and O–H groups in total. The number of carbonyl (C=O) groups is 1. The predicted molar refractivity (Wildman–Crippen MR) is 107 cm³/mol. The normalized spacial score (nSPS) is 14.3. The van der Waals surface area contributed by atoms with E-state index < -0.39 is 0 Å². The van der Waals surface area contributed by atoms with Crippen LogP contribution in [0.2, 0.25) is 5.02 Å². The average molecular weight is 374 g/mol. The molecule has 2 aromatic carbocycles. The van der Waals surface area contributed by atoms with Gasteiger partial charge in [0.1, 0.15) is 5.75 Å². The lowest BCUT2D eigenvalue weighted by molar-refractivity contribution is 0.208. The maximum atomic E-state index is 12.5. The highest BCUT2D eigenvalue weighted by atomic mass is 35.5. The second-order valence-corrected chi connectivity index (χ2v) is 6.95. The molecule has 6 heteroatoms. The Morgan fingerprint density at radius 2 is 1.81 bits per heavy atom. The third-order valence-corrected chi connectivity index (χ3v) is 4.97. The van der Waals surface area contributed by atoms with Crippen LogP contribution in [0.1, 0.15) is 11.1 Å². The summed E-state index contributed by atoms with van der Waals surface area (Å²) in [5.74, 6) is 0.590. The van der Waals surface area contributed by atoms with Crippen molar-refractivity contribution in [2.45, 2.75) is 13.8 Å². The number of anilines is 2. The van der Waals surface area contributed by atoms with E-state index in [4.69, 9.17) is 16.3 Å². The molecule has 1 fully saturated rings. The van der Waals surface area contributed by atoms with Crippen molar-refractivity contribution in [2.24, 2.45) is 0 Å². The van der Waals surface area contributed by atoms with E-state index in [2.05, 4.69) is 42.3 Å². The van der Waals surface area contributed by atoms with E-state index in [0.29, 0.717) is 29.5 Å². The van der Waals surface area contributed by atoms with Gasteiger partial charge >= 0.3 is 6.03 Å². The van der Waals surface area contributed by atoms with Gasteiger partial charge < -0.3 is 19.9 Å². The first-order valence-electron chi connectivity index (χ1n) is 8.69. The number of urea groups is 1. The summed E-state index contributed by atoms with van der Waals surface area (Å²) in [4.78, 5) is 16.7. The van der Waals surface area contributed by atoms with Crippen molar-refractivity contribution in [3.05, 3.63) is 52.5 Å². The lowest BCUT2D eigenvalue weighted by atomic mass is 10.1. The van der Waals surface area contributed by atoms with Crippen LogP contribution in [-0.4, -0.2) is 44.2 Å². The Morgan fingerprint density at radius 3 is 2.46 bits per heavy atom. The number of nitrogens with zero attached hydrogens (tertiary/aromatic N) is 2. The molecule has 0 spiro atoms. The third kappa shape index (κ3) is 4.05. The highest BCUT2D eigenvalue weighted by Gasteiger charge is 2.22. The number of hydrogen-bond donors (Lipinski definition) is 1. The smallest absolute Gasteiger partial charge is 0.321 e. The van der Waals surface area contributed by atoms with Crippen LogP contribution >= 0.6 is 11.6 Å². The van der Waals surface area contributed by atoms with Crippen LogP contribution in [0.3, 0.4) is 0 Å². The Labute approximate surface area is 159 Å². The number of amides is 2. The topological polar surface area (TPSA) is 44.8 Å². The minimum absolute atomic E-state index is 0.105. The van der Waals surface area contributed by atoms with E-state index in [9.17, 15) is 4.79 Å². The number of halogens is 1. The fourth-order valence-corrected chi connectivity index (χ4v) is 3.41. The van der Waals surface area contributed by atoms with Crippen LogP contribution in [0.4, 0.5) is 16.2 Å². The Kier molecular flexibility index (Phi) is 5.57. The molecule has 3 rings (SSSR count). The molecule has 1 aliphatic heterocycles. The van der Waals surface area contributed by atoms with Crippen LogP contribution in [0.15, 0.2) is 36.4 Å². The lowest BCUT2D eigenvalue weighted by Crippen LogP contribution is -2.50. The maximum absolute atomic E-state index is 12.5. The van der Waals surface area contributed by atoms with Crippen molar-refractivity contribution >= 4 is 29.0 Å². The Morgan fingerprint density at radius 1 is 1.08 bits per heavy atom. The number of ether oxygens (including phenoxy) is 1. The average Bonchev–Trinajstić information content (AvgIpc) is 2.64. The number of carbonyl (C=O) groups excluding carboxylic acids is 1. The summed E-state index contributed by atoms with van der Waals surface area (Å²) < 4.78 is 5.13. The van der Waals surface area contributed by atoms with Gasteiger partial charge in [0.05, 0.1) is 12.1 Å². The molecule has 138 valence electrons. The number of methoxy groups -OCH3 is 1. The van der Waals surface area contributed by atoms with Crippen molar-refractivity contribution in [1.82, 2.24) is 4.90 Å². The van der Waals surface area contributed by atoms with Gasteiger partial charge in [-0.1, -0.05) is 23.7 Å². The van der Waals surface area contributed by atoms with Crippen LogP contribution in [-0.2, 0) is 0 Å². The fraction of sp³-hybridized carbons (Fsp3) is 0.350. The van der Waals surface area contributed by atoms with Gasteiger partial charge in [-0.25, -0.2) is 4.79 Å². The van der Waals surface area contributed by atoms with Gasteiger partial charge in [-0.15, -0.1) is 0 Å². The molecule has 1 aliphatic rings. The summed E-state index contributed by atoms with van der Waals surface area (Å²) in [7, 11) is 1.56. The first-order chi connectivity index (χ1) is 12.5. The second kappa shape index (κ2) is 7.87.